The number of aromatic nitrogens is 2. The number of hydrogen-bond acceptors (Lipinski definition) is 4. The summed E-state index contributed by atoms with van der Waals surface area (Å²) in [6, 6.07) is 2.27. The van der Waals surface area contributed by atoms with Gasteiger partial charge in [0, 0.05) is 29.1 Å². The van der Waals surface area contributed by atoms with Gasteiger partial charge in [0.1, 0.15) is 0 Å². The van der Waals surface area contributed by atoms with Gasteiger partial charge in [0.15, 0.2) is 0 Å². The van der Waals surface area contributed by atoms with Crippen molar-refractivity contribution in [3.05, 3.63) is 34.3 Å². The van der Waals surface area contributed by atoms with Crippen LogP contribution in [-0.4, -0.2) is 15.8 Å². The van der Waals surface area contributed by atoms with E-state index in [0.717, 1.165) is 0 Å². The van der Waals surface area contributed by atoms with Crippen molar-refractivity contribution >= 4 is 23.1 Å². The van der Waals surface area contributed by atoms with Gasteiger partial charge in [-0.1, -0.05) is 0 Å². The van der Waals surface area contributed by atoms with Crippen LogP contribution in [0, 0.1) is 6.92 Å². The average molecular weight is 267 g/mol. The van der Waals surface area contributed by atoms with E-state index in [1.54, 1.807) is 23.1 Å². The van der Waals surface area contributed by atoms with Gasteiger partial charge in [0.05, 0.1) is 11.4 Å². The standard InChI is InChI=1S/C12H17N3S2/c1-8-4-5-16-11(8)12(9(2)13)17-10-6-14-15(3)7-10/h4-7,9,12H,13H2,1-3H3. The zero-order chi connectivity index (χ0) is 12.4. The molecule has 2 aromatic heterocycles. The highest BCUT2D eigenvalue weighted by atomic mass is 32.2. The van der Waals surface area contributed by atoms with Gasteiger partial charge >= 0.3 is 0 Å². The molecule has 0 aliphatic rings. The van der Waals surface area contributed by atoms with Crippen molar-refractivity contribution in [2.45, 2.75) is 30.0 Å². The van der Waals surface area contributed by atoms with E-state index in [9.17, 15) is 0 Å². The third kappa shape index (κ3) is 2.91. The molecule has 0 saturated heterocycles. The van der Waals surface area contributed by atoms with E-state index in [-0.39, 0.29) is 6.04 Å². The maximum absolute atomic E-state index is 6.11. The summed E-state index contributed by atoms with van der Waals surface area (Å²) in [4.78, 5) is 2.54. The third-order valence-corrected chi connectivity index (χ3v) is 5.24. The van der Waals surface area contributed by atoms with Crippen molar-refractivity contribution in [2.24, 2.45) is 12.8 Å². The molecule has 0 fully saturated rings. The average Bonchev–Trinajstić information content (AvgIpc) is 2.84. The minimum atomic E-state index is 0.123. The smallest absolute Gasteiger partial charge is 0.0626 e. The van der Waals surface area contributed by atoms with E-state index in [2.05, 4.69) is 30.4 Å². The fraction of sp³-hybridized carbons (Fsp3) is 0.417. The van der Waals surface area contributed by atoms with Crippen molar-refractivity contribution in [3.8, 4) is 0 Å². The summed E-state index contributed by atoms with van der Waals surface area (Å²) in [5.74, 6) is 0. The first-order valence-electron chi connectivity index (χ1n) is 5.53. The molecule has 0 aliphatic heterocycles. The van der Waals surface area contributed by atoms with Gasteiger partial charge in [-0.3, -0.25) is 4.68 Å². The highest BCUT2D eigenvalue weighted by Crippen LogP contribution is 2.40. The third-order valence-electron chi connectivity index (χ3n) is 2.58. The van der Waals surface area contributed by atoms with Crippen molar-refractivity contribution in [2.75, 3.05) is 0 Å². The molecule has 0 aromatic carbocycles. The molecule has 0 saturated carbocycles. The Morgan fingerprint density at radius 3 is 2.76 bits per heavy atom. The molecule has 0 radical (unpaired) electrons. The van der Waals surface area contributed by atoms with Crippen LogP contribution in [0.4, 0.5) is 0 Å². The number of nitrogens with two attached hydrogens (primary N) is 1. The Morgan fingerprint density at radius 1 is 1.53 bits per heavy atom. The number of rotatable bonds is 4. The molecule has 0 bridgehead atoms. The second kappa shape index (κ2) is 5.25. The molecular formula is C12H17N3S2. The minimum Gasteiger partial charge on any atom is -0.327 e. The summed E-state index contributed by atoms with van der Waals surface area (Å²) in [7, 11) is 1.93. The predicted molar refractivity (Wildman–Crippen MR) is 74.5 cm³/mol. The molecular weight excluding hydrogens is 250 g/mol. The van der Waals surface area contributed by atoms with Crippen LogP contribution in [0.25, 0.3) is 0 Å². The molecule has 3 nitrogen and oxygen atoms in total. The molecule has 2 N–H and O–H groups in total. The van der Waals surface area contributed by atoms with E-state index in [0.29, 0.717) is 5.25 Å². The number of aryl methyl sites for hydroxylation is 2. The number of nitrogens with zero attached hydrogens (tertiary/aromatic N) is 2. The van der Waals surface area contributed by atoms with Gasteiger partial charge in [-0.15, -0.1) is 23.1 Å². The van der Waals surface area contributed by atoms with Crippen LogP contribution in [0.15, 0.2) is 28.7 Å². The van der Waals surface area contributed by atoms with Crippen LogP contribution in [0.1, 0.15) is 22.6 Å². The Morgan fingerprint density at radius 2 is 2.29 bits per heavy atom. The van der Waals surface area contributed by atoms with Crippen molar-refractivity contribution in [1.29, 1.82) is 0 Å². The number of thiophene rings is 1. The van der Waals surface area contributed by atoms with E-state index in [1.807, 2.05) is 24.1 Å². The van der Waals surface area contributed by atoms with Crippen molar-refractivity contribution in [1.82, 2.24) is 9.78 Å². The lowest BCUT2D eigenvalue weighted by Crippen LogP contribution is -2.22. The van der Waals surface area contributed by atoms with Crippen LogP contribution in [0.3, 0.4) is 0 Å². The van der Waals surface area contributed by atoms with Crippen LogP contribution in [-0.2, 0) is 7.05 Å². The van der Waals surface area contributed by atoms with Crippen LogP contribution >= 0.6 is 23.1 Å². The van der Waals surface area contributed by atoms with E-state index in [4.69, 9.17) is 5.73 Å². The number of hydrogen-bond donors (Lipinski definition) is 1. The Hall–Kier alpha value is -0.780. The Labute approximate surface area is 110 Å². The maximum atomic E-state index is 6.11. The largest absolute Gasteiger partial charge is 0.327 e. The quantitative estimate of drug-likeness (QED) is 0.866. The molecule has 2 heterocycles. The summed E-state index contributed by atoms with van der Waals surface area (Å²) in [5.41, 5.74) is 7.44. The summed E-state index contributed by atoms with van der Waals surface area (Å²) >= 11 is 3.58. The van der Waals surface area contributed by atoms with Crippen molar-refractivity contribution in [3.63, 3.8) is 0 Å². The zero-order valence-electron chi connectivity index (χ0n) is 10.3. The molecule has 2 aromatic rings. The summed E-state index contributed by atoms with van der Waals surface area (Å²) in [6.45, 7) is 4.21. The van der Waals surface area contributed by atoms with E-state index in [1.165, 1.54) is 15.3 Å². The molecule has 2 atom stereocenters. The van der Waals surface area contributed by atoms with E-state index < -0.39 is 0 Å². The SMILES string of the molecule is Cc1ccsc1C(Sc1cnn(C)c1)C(C)N. The Kier molecular flexibility index (Phi) is 3.91. The van der Waals surface area contributed by atoms with Gasteiger partial charge in [0.2, 0.25) is 0 Å². The lowest BCUT2D eigenvalue weighted by atomic mass is 10.1. The van der Waals surface area contributed by atoms with Gasteiger partial charge < -0.3 is 5.73 Å². The topological polar surface area (TPSA) is 43.8 Å². The summed E-state index contributed by atoms with van der Waals surface area (Å²) in [5, 5.41) is 6.62. The lowest BCUT2D eigenvalue weighted by Gasteiger charge is -2.19. The molecule has 0 amide bonds. The van der Waals surface area contributed by atoms with Crippen LogP contribution in [0.2, 0.25) is 0 Å². The number of thioether (sulfide) groups is 1. The normalized spacial score (nSPS) is 14.8. The molecule has 17 heavy (non-hydrogen) atoms. The maximum Gasteiger partial charge on any atom is 0.0626 e. The first-order chi connectivity index (χ1) is 8.08. The fourth-order valence-electron chi connectivity index (χ4n) is 1.68. The Bertz CT molecular complexity index is 487. The molecule has 92 valence electrons. The van der Waals surface area contributed by atoms with Gasteiger partial charge in [-0.2, -0.15) is 5.10 Å². The first kappa shape index (κ1) is 12.7. The lowest BCUT2D eigenvalue weighted by molar-refractivity contribution is 0.727. The van der Waals surface area contributed by atoms with Crippen molar-refractivity contribution < 1.29 is 0 Å². The highest BCUT2D eigenvalue weighted by molar-refractivity contribution is 7.99. The zero-order valence-corrected chi connectivity index (χ0v) is 11.9. The molecule has 5 heteroatoms. The minimum absolute atomic E-state index is 0.123. The fourth-order valence-corrected chi connectivity index (χ4v) is 4.14. The van der Waals surface area contributed by atoms with Gasteiger partial charge in [-0.25, -0.2) is 0 Å². The second-order valence-electron chi connectivity index (χ2n) is 4.22. The predicted octanol–water partition coefficient (Wildman–Crippen LogP) is 2.97. The van der Waals surface area contributed by atoms with Crippen LogP contribution < -0.4 is 5.73 Å². The monoisotopic (exact) mass is 267 g/mol. The first-order valence-corrected chi connectivity index (χ1v) is 7.28. The molecule has 2 rings (SSSR count). The van der Waals surface area contributed by atoms with Gasteiger partial charge in [-0.05, 0) is 30.9 Å². The molecule has 0 aliphatic carbocycles. The summed E-state index contributed by atoms with van der Waals surface area (Å²) in [6.07, 6.45) is 3.92. The molecule has 0 spiro atoms. The van der Waals surface area contributed by atoms with Crippen LogP contribution in [0.5, 0.6) is 0 Å². The molecule has 2 unspecified atom stereocenters. The summed E-state index contributed by atoms with van der Waals surface area (Å²) < 4.78 is 1.82. The van der Waals surface area contributed by atoms with Gasteiger partial charge in [0.25, 0.3) is 0 Å². The van der Waals surface area contributed by atoms with E-state index >= 15 is 0 Å². The second-order valence-corrected chi connectivity index (χ2v) is 6.38. The highest BCUT2D eigenvalue weighted by Gasteiger charge is 2.21. The Balaban J connectivity index is 2.22.